The normalized spacial score (nSPS) is 22.6. The standard InChI is InChI=1S/C10H18ClN3O2/c1-7(11)9(15)14-4-2-3-8(6-14)5-13-10(12)16/h7-8H,2-6H2,1H3,(H3,12,13,16). The van der Waals surface area contributed by atoms with E-state index in [1.807, 2.05) is 0 Å². The van der Waals surface area contributed by atoms with Gasteiger partial charge in [-0.3, -0.25) is 4.79 Å². The predicted octanol–water partition coefficient (Wildman–Crippen LogP) is 0.521. The molecule has 1 heterocycles. The van der Waals surface area contributed by atoms with Gasteiger partial charge in [-0.1, -0.05) is 0 Å². The second-order valence-electron chi connectivity index (χ2n) is 4.15. The number of piperidine rings is 1. The van der Waals surface area contributed by atoms with E-state index in [0.717, 1.165) is 19.4 Å². The van der Waals surface area contributed by atoms with E-state index in [-0.39, 0.29) is 11.8 Å². The van der Waals surface area contributed by atoms with Gasteiger partial charge in [0.1, 0.15) is 5.38 Å². The minimum absolute atomic E-state index is 0.0366. The van der Waals surface area contributed by atoms with Crippen LogP contribution in [-0.4, -0.2) is 41.8 Å². The molecule has 0 aliphatic carbocycles. The summed E-state index contributed by atoms with van der Waals surface area (Å²) in [4.78, 5) is 24.0. The first-order valence-electron chi connectivity index (χ1n) is 5.47. The van der Waals surface area contributed by atoms with E-state index in [1.165, 1.54) is 0 Å². The summed E-state index contributed by atoms with van der Waals surface area (Å²) < 4.78 is 0. The van der Waals surface area contributed by atoms with Gasteiger partial charge in [0.25, 0.3) is 0 Å². The third kappa shape index (κ3) is 3.89. The first kappa shape index (κ1) is 13.1. The Bertz CT molecular complexity index is 271. The molecule has 1 saturated heterocycles. The number of hydrogen-bond donors (Lipinski definition) is 2. The maximum atomic E-state index is 11.7. The average molecular weight is 248 g/mol. The number of alkyl halides is 1. The number of nitrogens with zero attached hydrogens (tertiary/aromatic N) is 1. The van der Waals surface area contributed by atoms with Crippen molar-refractivity contribution in [2.75, 3.05) is 19.6 Å². The third-order valence-electron chi connectivity index (χ3n) is 2.74. The Morgan fingerprint density at radius 1 is 1.62 bits per heavy atom. The van der Waals surface area contributed by atoms with Crippen LogP contribution in [0.2, 0.25) is 0 Å². The first-order chi connectivity index (χ1) is 7.50. The minimum atomic E-state index is -0.519. The molecule has 3 N–H and O–H groups in total. The Labute approximate surface area is 100 Å². The highest BCUT2D eigenvalue weighted by Crippen LogP contribution is 2.17. The van der Waals surface area contributed by atoms with Crippen molar-refractivity contribution >= 4 is 23.5 Å². The van der Waals surface area contributed by atoms with E-state index in [4.69, 9.17) is 17.3 Å². The molecular formula is C10H18ClN3O2. The fourth-order valence-electron chi connectivity index (χ4n) is 1.93. The molecular weight excluding hydrogens is 230 g/mol. The Kier molecular flexibility index (Phi) is 4.86. The maximum Gasteiger partial charge on any atom is 0.312 e. The van der Waals surface area contributed by atoms with E-state index < -0.39 is 11.4 Å². The number of primary amides is 1. The molecule has 16 heavy (non-hydrogen) atoms. The zero-order valence-corrected chi connectivity index (χ0v) is 10.2. The van der Waals surface area contributed by atoms with Crippen LogP contribution in [0.15, 0.2) is 0 Å². The number of nitrogens with two attached hydrogens (primary N) is 1. The van der Waals surface area contributed by atoms with Crippen LogP contribution in [0.4, 0.5) is 4.79 Å². The molecule has 1 fully saturated rings. The zero-order chi connectivity index (χ0) is 12.1. The van der Waals surface area contributed by atoms with E-state index in [9.17, 15) is 9.59 Å². The number of urea groups is 1. The quantitative estimate of drug-likeness (QED) is 0.714. The number of carbonyl (C=O) groups is 2. The van der Waals surface area contributed by atoms with E-state index in [2.05, 4.69) is 5.32 Å². The monoisotopic (exact) mass is 247 g/mol. The number of carbonyl (C=O) groups excluding carboxylic acids is 2. The molecule has 92 valence electrons. The summed E-state index contributed by atoms with van der Waals surface area (Å²) in [5.41, 5.74) is 5.00. The van der Waals surface area contributed by atoms with Gasteiger partial charge in [-0.2, -0.15) is 0 Å². The van der Waals surface area contributed by atoms with Gasteiger partial charge in [-0.15, -0.1) is 11.6 Å². The summed E-state index contributed by atoms with van der Waals surface area (Å²) in [6.07, 6.45) is 1.95. The van der Waals surface area contributed by atoms with Crippen LogP contribution in [-0.2, 0) is 4.79 Å². The molecule has 5 nitrogen and oxygen atoms in total. The highest BCUT2D eigenvalue weighted by molar-refractivity contribution is 6.30. The maximum absolute atomic E-state index is 11.7. The number of hydrogen-bond acceptors (Lipinski definition) is 2. The van der Waals surface area contributed by atoms with Crippen LogP contribution in [0.25, 0.3) is 0 Å². The molecule has 0 radical (unpaired) electrons. The van der Waals surface area contributed by atoms with Crippen molar-refractivity contribution in [2.24, 2.45) is 11.7 Å². The first-order valence-corrected chi connectivity index (χ1v) is 5.90. The molecule has 1 rings (SSSR count). The Morgan fingerprint density at radius 2 is 2.31 bits per heavy atom. The van der Waals surface area contributed by atoms with Gasteiger partial charge in [0.05, 0.1) is 0 Å². The van der Waals surface area contributed by atoms with Crippen LogP contribution in [0.1, 0.15) is 19.8 Å². The van der Waals surface area contributed by atoms with Crippen LogP contribution >= 0.6 is 11.6 Å². The van der Waals surface area contributed by atoms with Gasteiger partial charge in [-0.25, -0.2) is 4.79 Å². The second-order valence-corrected chi connectivity index (χ2v) is 4.81. The second kappa shape index (κ2) is 5.94. The molecule has 0 bridgehead atoms. The molecule has 3 amide bonds. The van der Waals surface area contributed by atoms with Crippen molar-refractivity contribution in [1.82, 2.24) is 10.2 Å². The smallest absolute Gasteiger partial charge is 0.312 e. The Balaban J connectivity index is 2.41. The summed E-state index contributed by atoms with van der Waals surface area (Å²) in [7, 11) is 0. The summed E-state index contributed by atoms with van der Waals surface area (Å²) in [6.45, 7) is 3.60. The highest BCUT2D eigenvalue weighted by Gasteiger charge is 2.25. The van der Waals surface area contributed by atoms with E-state index in [1.54, 1.807) is 11.8 Å². The number of likely N-dealkylation sites (tertiary alicyclic amines) is 1. The molecule has 6 heteroatoms. The molecule has 1 aliphatic rings. The number of amides is 3. The van der Waals surface area contributed by atoms with Crippen molar-refractivity contribution in [3.63, 3.8) is 0 Å². The number of nitrogens with one attached hydrogen (secondary N) is 1. The lowest BCUT2D eigenvalue weighted by Gasteiger charge is -2.33. The summed E-state index contributed by atoms with van der Waals surface area (Å²) >= 11 is 5.76. The molecule has 0 spiro atoms. The van der Waals surface area contributed by atoms with E-state index >= 15 is 0 Å². The number of rotatable bonds is 3. The van der Waals surface area contributed by atoms with Crippen molar-refractivity contribution in [1.29, 1.82) is 0 Å². The van der Waals surface area contributed by atoms with Gasteiger partial charge in [-0.05, 0) is 25.7 Å². The minimum Gasteiger partial charge on any atom is -0.352 e. The van der Waals surface area contributed by atoms with E-state index in [0.29, 0.717) is 13.1 Å². The van der Waals surface area contributed by atoms with Gasteiger partial charge in [0.15, 0.2) is 0 Å². The van der Waals surface area contributed by atoms with Crippen LogP contribution < -0.4 is 11.1 Å². The van der Waals surface area contributed by atoms with Gasteiger partial charge in [0.2, 0.25) is 5.91 Å². The highest BCUT2D eigenvalue weighted by atomic mass is 35.5. The fourth-order valence-corrected chi connectivity index (χ4v) is 2.07. The summed E-state index contributed by atoms with van der Waals surface area (Å²) in [5, 5.41) is 2.09. The van der Waals surface area contributed by atoms with Crippen LogP contribution in [0.3, 0.4) is 0 Å². The lowest BCUT2D eigenvalue weighted by molar-refractivity contribution is -0.132. The summed E-state index contributed by atoms with van der Waals surface area (Å²) in [5.74, 6) is 0.242. The largest absolute Gasteiger partial charge is 0.352 e. The Morgan fingerprint density at radius 3 is 2.88 bits per heavy atom. The summed E-state index contributed by atoms with van der Waals surface area (Å²) in [6, 6.07) is -0.519. The van der Waals surface area contributed by atoms with Crippen LogP contribution in [0, 0.1) is 5.92 Å². The van der Waals surface area contributed by atoms with Gasteiger partial charge >= 0.3 is 6.03 Å². The molecule has 0 saturated carbocycles. The van der Waals surface area contributed by atoms with Crippen molar-refractivity contribution < 1.29 is 9.59 Å². The molecule has 1 aliphatic heterocycles. The third-order valence-corrected chi connectivity index (χ3v) is 2.92. The van der Waals surface area contributed by atoms with Crippen molar-refractivity contribution in [2.45, 2.75) is 25.1 Å². The fraction of sp³-hybridized carbons (Fsp3) is 0.800. The molecule has 0 aromatic carbocycles. The van der Waals surface area contributed by atoms with Crippen LogP contribution in [0.5, 0.6) is 0 Å². The predicted molar refractivity (Wildman–Crippen MR) is 62.2 cm³/mol. The lowest BCUT2D eigenvalue weighted by Crippen LogP contribution is -2.46. The molecule has 2 unspecified atom stereocenters. The molecule has 0 aromatic rings. The van der Waals surface area contributed by atoms with Gasteiger partial charge < -0.3 is 16.0 Å². The average Bonchev–Trinajstić information content (AvgIpc) is 2.25. The van der Waals surface area contributed by atoms with Gasteiger partial charge in [0, 0.05) is 19.6 Å². The van der Waals surface area contributed by atoms with Crippen molar-refractivity contribution in [3.8, 4) is 0 Å². The topological polar surface area (TPSA) is 75.4 Å². The van der Waals surface area contributed by atoms with Crippen molar-refractivity contribution in [3.05, 3.63) is 0 Å². The number of halogens is 1. The Hall–Kier alpha value is -0.970. The molecule has 0 aromatic heterocycles. The lowest BCUT2D eigenvalue weighted by atomic mass is 9.98. The SMILES string of the molecule is CC(Cl)C(=O)N1CCCC(CNC(N)=O)C1. The zero-order valence-electron chi connectivity index (χ0n) is 9.41. The molecule has 2 atom stereocenters.